The third-order valence-electron chi connectivity index (χ3n) is 2.40. The molecule has 2 aromatic rings. The van der Waals surface area contributed by atoms with Crippen molar-refractivity contribution in [1.29, 1.82) is 0 Å². The summed E-state index contributed by atoms with van der Waals surface area (Å²) in [7, 11) is 0. The Hall–Kier alpha value is -2.63. The van der Waals surface area contributed by atoms with Gasteiger partial charge in [0.1, 0.15) is 0 Å². The summed E-state index contributed by atoms with van der Waals surface area (Å²) < 4.78 is 6.31. The summed E-state index contributed by atoms with van der Waals surface area (Å²) >= 11 is 0. The molecule has 0 aliphatic heterocycles. The maximum atomic E-state index is 11.5. The van der Waals surface area contributed by atoms with Crippen molar-refractivity contribution in [3.05, 3.63) is 53.9 Å². The molecule has 1 aromatic heterocycles. The van der Waals surface area contributed by atoms with Gasteiger partial charge in [-0.25, -0.2) is 4.79 Å². The Bertz CT molecular complexity index is 578. The minimum atomic E-state index is -0.690. The van der Waals surface area contributed by atoms with Crippen LogP contribution in [0.5, 0.6) is 0 Å². The molecule has 1 aromatic carbocycles. The van der Waals surface area contributed by atoms with Gasteiger partial charge in [-0.2, -0.15) is 5.10 Å². The van der Waals surface area contributed by atoms with E-state index in [4.69, 9.17) is 5.73 Å². The standard InChI is InChI=1S/C13H13N3O3/c14-12(17)9-19-13(18)11-6-15-16(8-11)7-10-4-2-1-3-5-10/h1-6,8H,7,9H2,(H2,14,17). The van der Waals surface area contributed by atoms with E-state index >= 15 is 0 Å². The Morgan fingerprint density at radius 2 is 2.00 bits per heavy atom. The molecule has 0 aliphatic rings. The number of nitrogens with two attached hydrogens (primary N) is 1. The predicted molar refractivity (Wildman–Crippen MR) is 67.2 cm³/mol. The summed E-state index contributed by atoms with van der Waals surface area (Å²) in [5.41, 5.74) is 6.25. The van der Waals surface area contributed by atoms with Crippen LogP contribution in [0.1, 0.15) is 15.9 Å². The van der Waals surface area contributed by atoms with Gasteiger partial charge >= 0.3 is 5.97 Å². The van der Waals surface area contributed by atoms with Crippen molar-refractivity contribution in [1.82, 2.24) is 9.78 Å². The second-order valence-electron chi connectivity index (χ2n) is 3.95. The summed E-state index contributed by atoms with van der Waals surface area (Å²) in [6, 6.07) is 9.72. The maximum Gasteiger partial charge on any atom is 0.341 e. The molecule has 98 valence electrons. The zero-order chi connectivity index (χ0) is 13.7. The molecule has 0 unspecified atom stereocenters. The number of rotatable bonds is 5. The van der Waals surface area contributed by atoms with Gasteiger partial charge in [-0.15, -0.1) is 0 Å². The van der Waals surface area contributed by atoms with E-state index in [0.29, 0.717) is 6.54 Å². The summed E-state index contributed by atoms with van der Waals surface area (Å²) in [6.45, 7) is 0.132. The van der Waals surface area contributed by atoms with Crippen LogP contribution in [-0.2, 0) is 16.1 Å². The van der Waals surface area contributed by atoms with E-state index in [0.717, 1.165) is 5.56 Å². The van der Waals surface area contributed by atoms with Crippen LogP contribution in [0.15, 0.2) is 42.7 Å². The van der Waals surface area contributed by atoms with E-state index in [1.54, 1.807) is 10.9 Å². The summed E-state index contributed by atoms with van der Waals surface area (Å²) in [5, 5.41) is 4.06. The van der Waals surface area contributed by atoms with Gasteiger partial charge in [0.2, 0.25) is 0 Å². The van der Waals surface area contributed by atoms with Crippen LogP contribution >= 0.6 is 0 Å². The molecule has 19 heavy (non-hydrogen) atoms. The highest BCUT2D eigenvalue weighted by Gasteiger charge is 2.11. The number of carbonyl (C=O) groups is 2. The highest BCUT2D eigenvalue weighted by atomic mass is 16.5. The van der Waals surface area contributed by atoms with Crippen LogP contribution in [0.3, 0.4) is 0 Å². The number of nitrogens with zero attached hydrogens (tertiary/aromatic N) is 2. The molecular weight excluding hydrogens is 246 g/mol. The van der Waals surface area contributed by atoms with Crippen LogP contribution < -0.4 is 5.73 Å². The van der Waals surface area contributed by atoms with E-state index in [2.05, 4.69) is 9.84 Å². The zero-order valence-electron chi connectivity index (χ0n) is 10.2. The Kier molecular flexibility index (Phi) is 3.92. The van der Waals surface area contributed by atoms with E-state index in [9.17, 15) is 9.59 Å². The molecule has 0 spiro atoms. The second kappa shape index (κ2) is 5.81. The minimum Gasteiger partial charge on any atom is -0.452 e. The number of amides is 1. The summed E-state index contributed by atoms with van der Waals surface area (Å²) in [5.74, 6) is -1.30. The SMILES string of the molecule is NC(=O)COC(=O)c1cnn(Cc2ccccc2)c1. The molecule has 2 N–H and O–H groups in total. The summed E-state index contributed by atoms with van der Waals surface area (Å²) in [4.78, 5) is 22.0. The lowest BCUT2D eigenvalue weighted by atomic mass is 10.2. The average molecular weight is 259 g/mol. The van der Waals surface area contributed by atoms with Crippen molar-refractivity contribution in [3.8, 4) is 0 Å². The summed E-state index contributed by atoms with van der Waals surface area (Å²) in [6.07, 6.45) is 2.96. The molecule has 6 nitrogen and oxygen atoms in total. The highest BCUT2D eigenvalue weighted by molar-refractivity contribution is 5.90. The second-order valence-corrected chi connectivity index (χ2v) is 3.95. The monoisotopic (exact) mass is 259 g/mol. The molecule has 1 heterocycles. The van der Waals surface area contributed by atoms with Crippen LogP contribution in [0.4, 0.5) is 0 Å². The molecule has 0 aliphatic carbocycles. The van der Waals surface area contributed by atoms with Gasteiger partial charge in [-0.05, 0) is 5.56 Å². The predicted octanol–water partition coefficient (Wildman–Crippen LogP) is 0.573. The third-order valence-corrected chi connectivity index (χ3v) is 2.40. The fraction of sp³-hybridized carbons (Fsp3) is 0.154. The smallest absolute Gasteiger partial charge is 0.341 e. The zero-order valence-corrected chi connectivity index (χ0v) is 10.2. The fourth-order valence-electron chi connectivity index (χ4n) is 1.55. The lowest BCUT2D eigenvalue weighted by molar-refractivity contribution is -0.121. The van der Waals surface area contributed by atoms with Gasteiger partial charge in [-0.1, -0.05) is 30.3 Å². The molecule has 0 saturated carbocycles. The Labute approximate surface area is 109 Å². The number of hydrogen-bond acceptors (Lipinski definition) is 4. The molecule has 2 rings (SSSR count). The van der Waals surface area contributed by atoms with Crippen molar-refractivity contribution in [2.45, 2.75) is 6.54 Å². The first-order valence-electron chi connectivity index (χ1n) is 5.67. The Balaban J connectivity index is 1.99. The van der Waals surface area contributed by atoms with Gasteiger partial charge in [-0.3, -0.25) is 9.48 Å². The van der Waals surface area contributed by atoms with Gasteiger partial charge in [0.25, 0.3) is 5.91 Å². The number of aromatic nitrogens is 2. The first-order valence-corrected chi connectivity index (χ1v) is 5.67. The van der Waals surface area contributed by atoms with Crippen molar-refractivity contribution >= 4 is 11.9 Å². The van der Waals surface area contributed by atoms with Gasteiger partial charge < -0.3 is 10.5 Å². The topological polar surface area (TPSA) is 87.2 Å². The van der Waals surface area contributed by atoms with Crippen LogP contribution in [0.25, 0.3) is 0 Å². The van der Waals surface area contributed by atoms with E-state index in [1.807, 2.05) is 30.3 Å². The van der Waals surface area contributed by atoms with E-state index < -0.39 is 18.5 Å². The van der Waals surface area contributed by atoms with Crippen molar-refractivity contribution in [2.24, 2.45) is 5.73 Å². The molecule has 1 amide bonds. The van der Waals surface area contributed by atoms with Crippen molar-refractivity contribution in [3.63, 3.8) is 0 Å². The molecule has 0 fully saturated rings. The largest absolute Gasteiger partial charge is 0.452 e. The first kappa shape index (κ1) is 12.8. The van der Waals surface area contributed by atoms with Crippen molar-refractivity contribution in [2.75, 3.05) is 6.61 Å². The normalized spacial score (nSPS) is 10.1. The number of ether oxygens (including phenoxy) is 1. The number of benzene rings is 1. The average Bonchev–Trinajstić information content (AvgIpc) is 2.85. The molecule has 6 heteroatoms. The van der Waals surface area contributed by atoms with Gasteiger partial charge in [0, 0.05) is 6.20 Å². The lowest BCUT2D eigenvalue weighted by Crippen LogP contribution is -2.20. The lowest BCUT2D eigenvalue weighted by Gasteiger charge is -2.01. The Morgan fingerprint density at radius 1 is 1.26 bits per heavy atom. The van der Waals surface area contributed by atoms with E-state index in [-0.39, 0.29) is 5.56 Å². The number of primary amides is 1. The molecule has 0 saturated heterocycles. The first-order chi connectivity index (χ1) is 9.15. The number of carbonyl (C=O) groups excluding carboxylic acids is 2. The van der Waals surface area contributed by atoms with Gasteiger partial charge in [0.05, 0.1) is 18.3 Å². The maximum absolute atomic E-state index is 11.5. The van der Waals surface area contributed by atoms with Crippen molar-refractivity contribution < 1.29 is 14.3 Å². The van der Waals surface area contributed by atoms with Gasteiger partial charge in [0.15, 0.2) is 6.61 Å². The Morgan fingerprint density at radius 3 is 2.68 bits per heavy atom. The van der Waals surface area contributed by atoms with Crippen LogP contribution in [-0.4, -0.2) is 28.3 Å². The van der Waals surface area contributed by atoms with Crippen LogP contribution in [0.2, 0.25) is 0 Å². The number of esters is 1. The van der Waals surface area contributed by atoms with Crippen LogP contribution in [0, 0.1) is 0 Å². The van der Waals surface area contributed by atoms with E-state index in [1.165, 1.54) is 6.20 Å². The molecule has 0 bridgehead atoms. The number of hydrogen-bond donors (Lipinski definition) is 1. The fourth-order valence-corrected chi connectivity index (χ4v) is 1.55. The molecular formula is C13H13N3O3. The quantitative estimate of drug-likeness (QED) is 0.795. The molecule has 0 atom stereocenters. The highest BCUT2D eigenvalue weighted by Crippen LogP contribution is 2.05. The third kappa shape index (κ3) is 3.67. The minimum absolute atomic E-state index is 0.289. The molecule has 0 radical (unpaired) electrons.